The molecule has 1 aromatic carbocycles. The Morgan fingerprint density at radius 1 is 1.25 bits per heavy atom. The molecule has 2 N–H and O–H groups in total. The van der Waals surface area contributed by atoms with Crippen LogP contribution >= 0.6 is 0 Å². The zero-order valence-electron chi connectivity index (χ0n) is 16.9. The number of nitrogens with zero attached hydrogens (tertiary/aromatic N) is 3. The van der Waals surface area contributed by atoms with E-state index in [-0.39, 0.29) is 12.0 Å². The van der Waals surface area contributed by atoms with Crippen molar-refractivity contribution < 1.29 is 14.6 Å². The first-order chi connectivity index (χ1) is 13.6. The number of nitrogens with one attached hydrogen (secondary N) is 1. The van der Waals surface area contributed by atoms with E-state index in [1.165, 1.54) is 5.56 Å². The topological polar surface area (TPSA) is 77.4 Å². The van der Waals surface area contributed by atoms with Crippen molar-refractivity contribution in [3.8, 4) is 0 Å². The molecule has 0 spiro atoms. The van der Waals surface area contributed by atoms with Crippen LogP contribution in [0.2, 0.25) is 0 Å². The average molecular weight is 389 g/mol. The quantitative estimate of drug-likeness (QED) is 0.588. The number of hydrogen-bond donors (Lipinski definition) is 2. The van der Waals surface area contributed by atoms with Crippen molar-refractivity contribution in [3.63, 3.8) is 0 Å². The third kappa shape index (κ3) is 5.23. The van der Waals surface area contributed by atoms with Crippen LogP contribution in [0.1, 0.15) is 37.0 Å². The molecule has 28 heavy (non-hydrogen) atoms. The number of aliphatic hydroxyl groups is 1. The summed E-state index contributed by atoms with van der Waals surface area (Å²) in [5.41, 5.74) is 2.04. The van der Waals surface area contributed by atoms with Gasteiger partial charge in [0.25, 0.3) is 5.91 Å². The van der Waals surface area contributed by atoms with Crippen LogP contribution in [-0.4, -0.2) is 78.8 Å². The van der Waals surface area contributed by atoms with E-state index >= 15 is 0 Å². The number of hydrogen-bond acceptors (Lipinski definition) is 4. The van der Waals surface area contributed by atoms with Crippen LogP contribution in [-0.2, 0) is 9.53 Å². The Morgan fingerprint density at radius 2 is 1.93 bits per heavy atom. The van der Waals surface area contributed by atoms with Crippen molar-refractivity contribution in [2.75, 3.05) is 45.9 Å². The predicted molar refractivity (Wildman–Crippen MR) is 109 cm³/mol. The standard InChI is InChI=1S/C21H32N4O3/c1-3-22-21(23-15-18(26)17-8-6-16(2)7-9-17)25-12-10-24(11-13-25)20(27)19-5-4-14-28-19/h6-9,18-19,26H,3-5,10-15H2,1-2H3,(H,22,23). The third-order valence-corrected chi connectivity index (χ3v) is 5.31. The Hall–Kier alpha value is -2.12. The Kier molecular flexibility index (Phi) is 7.28. The first-order valence-corrected chi connectivity index (χ1v) is 10.3. The molecule has 0 saturated carbocycles. The van der Waals surface area contributed by atoms with Crippen LogP contribution in [0, 0.1) is 6.92 Å². The van der Waals surface area contributed by atoms with Crippen LogP contribution in [0.3, 0.4) is 0 Å². The number of aliphatic hydroxyl groups excluding tert-OH is 1. The molecule has 0 bridgehead atoms. The van der Waals surface area contributed by atoms with Gasteiger partial charge in [0.15, 0.2) is 5.96 Å². The number of ether oxygens (including phenoxy) is 1. The maximum absolute atomic E-state index is 12.5. The van der Waals surface area contributed by atoms with Gasteiger partial charge in [-0.3, -0.25) is 9.79 Å². The number of rotatable bonds is 5. The molecule has 2 unspecified atom stereocenters. The Balaban J connectivity index is 1.55. The summed E-state index contributed by atoms with van der Waals surface area (Å²) in [7, 11) is 0. The number of amides is 1. The fourth-order valence-electron chi connectivity index (χ4n) is 3.61. The SMILES string of the molecule is CCNC(=NCC(O)c1ccc(C)cc1)N1CCN(C(=O)C2CCCO2)CC1. The van der Waals surface area contributed by atoms with Crippen LogP contribution in [0.4, 0.5) is 0 Å². The van der Waals surface area contributed by atoms with E-state index in [4.69, 9.17) is 4.74 Å². The molecule has 0 aliphatic carbocycles. The molecule has 2 aliphatic heterocycles. The first kappa shape index (κ1) is 20.6. The molecular formula is C21H32N4O3. The Labute approximate surface area is 167 Å². The average Bonchev–Trinajstić information content (AvgIpc) is 3.26. The number of piperazine rings is 1. The largest absolute Gasteiger partial charge is 0.386 e. The van der Waals surface area contributed by atoms with Crippen molar-refractivity contribution in [3.05, 3.63) is 35.4 Å². The minimum atomic E-state index is -0.628. The molecule has 2 saturated heterocycles. The summed E-state index contributed by atoms with van der Waals surface area (Å²) >= 11 is 0. The maximum Gasteiger partial charge on any atom is 0.251 e. The highest BCUT2D eigenvalue weighted by Crippen LogP contribution is 2.17. The van der Waals surface area contributed by atoms with Gasteiger partial charge in [-0.05, 0) is 32.3 Å². The lowest BCUT2D eigenvalue weighted by Gasteiger charge is -2.37. The molecule has 1 aromatic rings. The summed E-state index contributed by atoms with van der Waals surface area (Å²) in [5.74, 6) is 0.909. The second-order valence-corrected chi connectivity index (χ2v) is 7.44. The smallest absolute Gasteiger partial charge is 0.251 e. The molecule has 0 radical (unpaired) electrons. The second-order valence-electron chi connectivity index (χ2n) is 7.44. The summed E-state index contributed by atoms with van der Waals surface area (Å²) in [4.78, 5) is 21.2. The van der Waals surface area contributed by atoms with Gasteiger partial charge in [0, 0.05) is 39.3 Å². The van der Waals surface area contributed by atoms with Crippen LogP contribution in [0.15, 0.2) is 29.3 Å². The van der Waals surface area contributed by atoms with Crippen molar-refractivity contribution in [2.24, 2.45) is 4.99 Å². The number of aliphatic imine (C=N–C) groups is 1. The lowest BCUT2D eigenvalue weighted by molar-refractivity contribution is -0.142. The van der Waals surface area contributed by atoms with Crippen LogP contribution < -0.4 is 5.32 Å². The van der Waals surface area contributed by atoms with Crippen LogP contribution in [0.5, 0.6) is 0 Å². The highest BCUT2D eigenvalue weighted by molar-refractivity contribution is 5.82. The van der Waals surface area contributed by atoms with E-state index in [1.807, 2.05) is 43.0 Å². The summed E-state index contributed by atoms with van der Waals surface area (Å²) in [6, 6.07) is 7.88. The van der Waals surface area contributed by atoms with Crippen molar-refractivity contribution in [1.82, 2.24) is 15.1 Å². The van der Waals surface area contributed by atoms with Gasteiger partial charge in [-0.1, -0.05) is 29.8 Å². The molecule has 7 nitrogen and oxygen atoms in total. The molecule has 1 amide bonds. The van der Waals surface area contributed by atoms with Gasteiger partial charge in [-0.25, -0.2) is 0 Å². The van der Waals surface area contributed by atoms with E-state index in [0.29, 0.717) is 26.2 Å². The summed E-state index contributed by atoms with van der Waals surface area (Å²) in [6.07, 6.45) is 0.923. The Morgan fingerprint density at radius 3 is 2.54 bits per heavy atom. The fraction of sp³-hybridized carbons (Fsp3) is 0.619. The molecule has 7 heteroatoms. The highest BCUT2D eigenvalue weighted by atomic mass is 16.5. The lowest BCUT2D eigenvalue weighted by atomic mass is 10.1. The first-order valence-electron chi connectivity index (χ1n) is 10.3. The van der Waals surface area contributed by atoms with E-state index < -0.39 is 6.10 Å². The molecule has 2 heterocycles. The van der Waals surface area contributed by atoms with Crippen molar-refractivity contribution >= 4 is 11.9 Å². The normalized spacial score (nSPS) is 21.7. The van der Waals surface area contributed by atoms with Crippen molar-refractivity contribution in [2.45, 2.75) is 38.9 Å². The van der Waals surface area contributed by atoms with Gasteiger partial charge in [0.05, 0.1) is 12.6 Å². The number of carbonyl (C=O) groups is 1. The van der Waals surface area contributed by atoms with E-state index in [2.05, 4.69) is 15.2 Å². The maximum atomic E-state index is 12.5. The molecule has 2 atom stereocenters. The van der Waals surface area contributed by atoms with Gasteiger partial charge < -0.3 is 25.0 Å². The lowest BCUT2D eigenvalue weighted by Crippen LogP contribution is -2.55. The molecule has 2 fully saturated rings. The van der Waals surface area contributed by atoms with Crippen LogP contribution in [0.25, 0.3) is 0 Å². The van der Waals surface area contributed by atoms with Gasteiger partial charge in [-0.2, -0.15) is 0 Å². The summed E-state index contributed by atoms with van der Waals surface area (Å²) in [6.45, 7) is 8.61. The van der Waals surface area contributed by atoms with E-state index in [9.17, 15) is 9.90 Å². The molecule has 3 rings (SSSR count). The molecule has 0 aromatic heterocycles. The number of benzene rings is 1. The number of guanidine groups is 1. The Bertz CT molecular complexity index is 663. The van der Waals surface area contributed by atoms with Gasteiger partial charge in [0.2, 0.25) is 0 Å². The van der Waals surface area contributed by atoms with E-state index in [1.54, 1.807) is 0 Å². The minimum absolute atomic E-state index is 0.119. The fourth-order valence-corrected chi connectivity index (χ4v) is 3.61. The summed E-state index contributed by atoms with van der Waals surface area (Å²) in [5, 5.41) is 13.7. The molecule has 154 valence electrons. The molecule has 2 aliphatic rings. The van der Waals surface area contributed by atoms with Crippen molar-refractivity contribution in [1.29, 1.82) is 0 Å². The number of aryl methyl sites for hydroxylation is 1. The summed E-state index contributed by atoms with van der Waals surface area (Å²) < 4.78 is 5.53. The highest BCUT2D eigenvalue weighted by Gasteiger charge is 2.30. The number of carbonyl (C=O) groups excluding carboxylic acids is 1. The predicted octanol–water partition coefficient (Wildman–Crippen LogP) is 1.32. The second kappa shape index (κ2) is 9.89. The van der Waals surface area contributed by atoms with Gasteiger partial charge in [-0.15, -0.1) is 0 Å². The molecular weight excluding hydrogens is 356 g/mol. The van der Waals surface area contributed by atoms with Gasteiger partial charge in [0.1, 0.15) is 6.10 Å². The monoisotopic (exact) mass is 388 g/mol. The zero-order valence-corrected chi connectivity index (χ0v) is 16.9. The third-order valence-electron chi connectivity index (χ3n) is 5.31. The van der Waals surface area contributed by atoms with Gasteiger partial charge >= 0.3 is 0 Å². The minimum Gasteiger partial charge on any atom is -0.386 e. The van der Waals surface area contributed by atoms with E-state index in [0.717, 1.165) is 44.0 Å². The zero-order chi connectivity index (χ0) is 19.9.